The maximum absolute atomic E-state index is 10.6. The van der Waals surface area contributed by atoms with Crippen LogP contribution in [0.3, 0.4) is 0 Å². The number of nitrogens with one attached hydrogen (secondary N) is 1. The zero-order valence-corrected chi connectivity index (χ0v) is 11.2. The third-order valence-electron chi connectivity index (χ3n) is 1.59. The van der Waals surface area contributed by atoms with Gasteiger partial charge in [0.15, 0.2) is 0 Å². The Morgan fingerprint density at radius 2 is 2.07 bits per heavy atom. The zero-order valence-electron chi connectivity index (χ0n) is 7.26. The average Bonchev–Trinajstić information content (AvgIpc) is 2.47. The van der Waals surface area contributed by atoms with Crippen LogP contribution in [0.15, 0.2) is 23.1 Å². The molecule has 0 radical (unpaired) electrons. The second-order valence-corrected chi connectivity index (χ2v) is 3.82. The summed E-state index contributed by atoms with van der Waals surface area (Å²) < 4.78 is 31.8. The van der Waals surface area contributed by atoms with Crippen molar-refractivity contribution in [2.75, 3.05) is 0 Å². The van der Waals surface area contributed by atoms with Gasteiger partial charge in [-0.15, -0.1) is 5.10 Å². The molecule has 2 rings (SSSR count). The standard InChI is InChI=1S/C6H5N3O3S.K/c10-13(11,12)4-1-2-5-6(3-4)8-9-7-5;/h1-3H,(H,7,8,9)(H,10,11,12);/q;+1/p-1. The fourth-order valence-electron chi connectivity index (χ4n) is 0.977. The van der Waals surface area contributed by atoms with Gasteiger partial charge >= 0.3 is 51.4 Å². The van der Waals surface area contributed by atoms with Crippen LogP contribution >= 0.6 is 0 Å². The summed E-state index contributed by atoms with van der Waals surface area (Å²) in [6.07, 6.45) is 0. The minimum atomic E-state index is -4.40. The van der Waals surface area contributed by atoms with Crippen molar-refractivity contribution < 1.29 is 64.4 Å². The zero-order chi connectivity index (χ0) is 9.47. The summed E-state index contributed by atoms with van der Waals surface area (Å²) in [6.45, 7) is 0. The molecule has 68 valence electrons. The van der Waals surface area contributed by atoms with Crippen LogP contribution in [0.2, 0.25) is 0 Å². The van der Waals surface area contributed by atoms with Crippen molar-refractivity contribution in [3.05, 3.63) is 18.2 Å². The van der Waals surface area contributed by atoms with Gasteiger partial charge in [0.1, 0.15) is 15.6 Å². The number of hydrogen-bond acceptors (Lipinski definition) is 5. The second-order valence-electron chi connectivity index (χ2n) is 2.44. The molecule has 0 bridgehead atoms. The fraction of sp³-hybridized carbons (Fsp3) is 0. The SMILES string of the molecule is O=S(=O)([O-])c1ccc2[nH]nnc2c1.[K+]. The molecule has 1 N–H and O–H groups in total. The van der Waals surface area contributed by atoms with E-state index in [1.165, 1.54) is 18.2 Å². The number of aromatic amines is 1. The van der Waals surface area contributed by atoms with E-state index in [9.17, 15) is 13.0 Å². The average molecular weight is 237 g/mol. The number of hydrogen-bond donors (Lipinski definition) is 1. The first-order valence-electron chi connectivity index (χ1n) is 3.34. The van der Waals surface area contributed by atoms with E-state index in [1.807, 2.05) is 0 Å². The predicted molar refractivity (Wildman–Crippen MR) is 41.9 cm³/mol. The van der Waals surface area contributed by atoms with Crippen molar-refractivity contribution >= 4 is 21.2 Å². The molecular formula is C6H4KN3O3S. The Hall–Kier alpha value is 0.166. The van der Waals surface area contributed by atoms with E-state index in [0.29, 0.717) is 11.0 Å². The number of fused-ring (bicyclic) bond motifs is 1. The molecule has 0 unspecified atom stereocenters. The van der Waals surface area contributed by atoms with Gasteiger partial charge in [-0.3, -0.25) is 5.10 Å². The molecule has 0 saturated heterocycles. The molecule has 1 aromatic heterocycles. The van der Waals surface area contributed by atoms with E-state index in [-0.39, 0.29) is 56.3 Å². The Balaban J connectivity index is 0.000000980. The molecule has 1 aromatic carbocycles. The van der Waals surface area contributed by atoms with Crippen LogP contribution < -0.4 is 51.4 Å². The first kappa shape index (κ1) is 12.2. The molecule has 1 heterocycles. The van der Waals surface area contributed by atoms with Gasteiger partial charge in [0.05, 0.1) is 10.4 Å². The second kappa shape index (κ2) is 4.35. The Morgan fingerprint density at radius 3 is 2.71 bits per heavy atom. The quantitative estimate of drug-likeness (QED) is 0.417. The summed E-state index contributed by atoms with van der Waals surface area (Å²) in [4.78, 5) is -0.297. The van der Waals surface area contributed by atoms with Gasteiger partial charge in [0.2, 0.25) is 0 Å². The van der Waals surface area contributed by atoms with E-state index in [2.05, 4.69) is 15.4 Å². The van der Waals surface area contributed by atoms with Crippen molar-refractivity contribution in [1.82, 2.24) is 15.4 Å². The summed E-state index contributed by atoms with van der Waals surface area (Å²) in [6, 6.07) is 3.84. The molecule has 0 aliphatic heterocycles. The first-order valence-corrected chi connectivity index (χ1v) is 4.75. The third-order valence-corrected chi connectivity index (χ3v) is 2.42. The monoisotopic (exact) mass is 237 g/mol. The van der Waals surface area contributed by atoms with Gasteiger partial charge in [0.25, 0.3) is 0 Å². The molecule has 6 nitrogen and oxygen atoms in total. The molecule has 0 fully saturated rings. The van der Waals surface area contributed by atoms with Crippen LogP contribution in [0.1, 0.15) is 0 Å². The number of benzene rings is 1. The van der Waals surface area contributed by atoms with Crippen molar-refractivity contribution in [2.45, 2.75) is 4.90 Å². The normalized spacial score (nSPS) is 11.2. The molecule has 2 aromatic rings. The summed E-state index contributed by atoms with van der Waals surface area (Å²) in [5.74, 6) is 0. The minimum Gasteiger partial charge on any atom is -0.744 e. The Labute approximate surface area is 122 Å². The van der Waals surface area contributed by atoms with Crippen molar-refractivity contribution in [3.8, 4) is 0 Å². The third kappa shape index (κ3) is 2.40. The number of aromatic nitrogens is 3. The topological polar surface area (TPSA) is 98.8 Å². The number of rotatable bonds is 1. The number of H-pyrrole nitrogens is 1. The molecule has 0 amide bonds. The van der Waals surface area contributed by atoms with Crippen LogP contribution in [0.25, 0.3) is 11.0 Å². The molecule has 0 spiro atoms. The minimum absolute atomic E-state index is 0. The van der Waals surface area contributed by atoms with Gasteiger partial charge in [-0.1, -0.05) is 5.21 Å². The smallest absolute Gasteiger partial charge is 0.744 e. The van der Waals surface area contributed by atoms with Gasteiger partial charge in [-0.05, 0) is 18.2 Å². The van der Waals surface area contributed by atoms with Crippen LogP contribution in [-0.4, -0.2) is 28.4 Å². The van der Waals surface area contributed by atoms with Gasteiger partial charge < -0.3 is 4.55 Å². The molecular weight excluding hydrogens is 233 g/mol. The molecule has 8 heteroatoms. The maximum atomic E-state index is 10.6. The Kier molecular flexibility index (Phi) is 3.80. The van der Waals surface area contributed by atoms with Crippen LogP contribution in [0, 0.1) is 0 Å². The summed E-state index contributed by atoms with van der Waals surface area (Å²) in [7, 11) is -4.40. The summed E-state index contributed by atoms with van der Waals surface area (Å²) >= 11 is 0. The molecule has 0 saturated carbocycles. The Morgan fingerprint density at radius 1 is 1.36 bits per heavy atom. The maximum Gasteiger partial charge on any atom is 1.00 e. The Bertz CT molecular complexity index is 550. The summed E-state index contributed by atoms with van der Waals surface area (Å²) in [5, 5.41) is 9.58. The first-order chi connectivity index (χ1) is 6.07. The van der Waals surface area contributed by atoms with E-state index in [1.54, 1.807) is 0 Å². The molecule has 0 aliphatic carbocycles. The summed E-state index contributed by atoms with van der Waals surface area (Å²) in [5.41, 5.74) is 0.948. The van der Waals surface area contributed by atoms with E-state index in [4.69, 9.17) is 0 Å². The van der Waals surface area contributed by atoms with E-state index >= 15 is 0 Å². The van der Waals surface area contributed by atoms with Crippen LogP contribution in [0.5, 0.6) is 0 Å². The molecule has 14 heavy (non-hydrogen) atoms. The van der Waals surface area contributed by atoms with Crippen molar-refractivity contribution in [3.63, 3.8) is 0 Å². The van der Waals surface area contributed by atoms with Crippen LogP contribution in [0.4, 0.5) is 0 Å². The van der Waals surface area contributed by atoms with Gasteiger partial charge in [0, 0.05) is 0 Å². The van der Waals surface area contributed by atoms with E-state index in [0.717, 1.165) is 0 Å². The van der Waals surface area contributed by atoms with Gasteiger partial charge in [-0.25, -0.2) is 8.42 Å². The molecule has 0 atom stereocenters. The van der Waals surface area contributed by atoms with Gasteiger partial charge in [-0.2, -0.15) is 0 Å². The van der Waals surface area contributed by atoms with Crippen molar-refractivity contribution in [2.24, 2.45) is 0 Å². The number of nitrogens with zero attached hydrogens (tertiary/aromatic N) is 2. The van der Waals surface area contributed by atoms with Crippen molar-refractivity contribution in [1.29, 1.82) is 0 Å². The van der Waals surface area contributed by atoms with E-state index < -0.39 is 10.1 Å². The fourth-order valence-corrected chi connectivity index (χ4v) is 1.47. The largest absolute Gasteiger partial charge is 1.00 e. The molecule has 0 aliphatic rings. The predicted octanol–water partition coefficient (Wildman–Crippen LogP) is -3.13. The van der Waals surface area contributed by atoms with Crippen LogP contribution in [-0.2, 0) is 10.1 Å².